The van der Waals surface area contributed by atoms with Crippen LogP contribution in [0, 0.1) is 0 Å². The van der Waals surface area contributed by atoms with E-state index in [0.717, 1.165) is 15.7 Å². The van der Waals surface area contributed by atoms with Gasteiger partial charge >= 0.3 is 0 Å². The van der Waals surface area contributed by atoms with Crippen molar-refractivity contribution in [2.75, 3.05) is 0 Å². The van der Waals surface area contributed by atoms with Gasteiger partial charge in [0.15, 0.2) is 0 Å². The van der Waals surface area contributed by atoms with Crippen LogP contribution in [0.1, 0.15) is 0 Å². The van der Waals surface area contributed by atoms with Gasteiger partial charge in [-0.05, 0) is 28.1 Å². The Hall–Kier alpha value is -1.29. The molecule has 3 nitrogen and oxygen atoms in total. The highest BCUT2D eigenvalue weighted by Crippen LogP contribution is 2.23. The van der Waals surface area contributed by atoms with Gasteiger partial charge in [0.25, 0.3) is 0 Å². The highest BCUT2D eigenvalue weighted by molar-refractivity contribution is 9.10. The van der Waals surface area contributed by atoms with Crippen molar-refractivity contribution in [1.29, 1.82) is 0 Å². The topological polar surface area (TPSA) is 38.7 Å². The summed E-state index contributed by atoms with van der Waals surface area (Å²) in [5.41, 5.74) is 1.92. The van der Waals surface area contributed by atoms with E-state index in [2.05, 4.69) is 30.9 Å². The lowest BCUT2D eigenvalue weighted by atomic mass is 10.2. The fourth-order valence-electron chi connectivity index (χ4n) is 1.03. The maximum absolute atomic E-state index is 4.16. The summed E-state index contributed by atoms with van der Waals surface area (Å²) >= 11 is 3.39. The predicted molar refractivity (Wildman–Crippen MR) is 53.0 cm³/mol. The lowest BCUT2D eigenvalue weighted by Crippen LogP contribution is -1.86. The molecule has 0 saturated carbocycles. The minimum absolute atomic E-state index is 0.886. The SMILES string of the molecule is Brc1cncnc1-c1ccncc1. The van der Waals surface area contributed by atoms with Crippen LogP contribution in [-0.4, -0.2) is 15.0 Å². The molecule has 0 N–H and O–H groups in total. The molecule has 0 amide bonds. The number of nitrogens with zero attached hydrogens (tertiary/aromatic N) is 3. The first kappa shape index (κ1) is 8.31. The Morgan fingerprint density at radius 2 is 1.85 bits per heavy atom. The van der Waals surface area contributed by atoms with Gasteiger partial charge in [-0.25, -0.2) is 9.97 Å². The summed E-state index contributed by atoms with van der Waals surface area (Å²) in [6.45, 7) is 0. The molecule has 0 aliphatic heterocycles. The quantitative estimate of drug-likeness (QED) is 0.762. The highest BCUT2D eigenvalue weighted by atomic mass is 79.9. The van der Waals surface area contributed by atoms with Gasteiger partial charge in [-0.2, -0.15) is 0 Å². The van der Waals surface area contributed by atoms with Crippen LogP contribution in [0.25, 0.3) is 11.3 Å². The summed E-state index contributed by atoms with van der Waals surface area (Å²) in [4.78, 5) is 12.0. The van der Waals surface area contributed by atoms with Crippen LogP contribution < -0.4 is 0 Å². The van der Waals surface area contributed by atoms with E-state index in [1.807, 2.05) is 12.1 Å². The van der Waals surface area contributed by atoms with Crippen LogP contribution in [-0.2, 0) is 0 Å². The number of hydrogen-bond donors (Lipinski definition) is 0. The first-order valence-corrected chi connectivity index (χ1v) is 4.53. The summed E-state index contributed by atoms with van der Waals surface area (Å²) in [5, 5.41) is 0. The molecule has 0 bridgehead atoms. The van der Waals surface area contributed by atoms with Crippen LogP contribution in [0.15, 0.2) is 41.5 Å². The Morgan fingerprint density at radius 3 is 2.54 bits per heavy atom. The molecule has 0 aliphatic carbocycles. The van der Waals surface area contributed by atoms with Crippen molar-refractivity contribution in [3.63, 3.8) is 0 Å². The maximum Gasteiger partial charge on any atom is 0.116 e. The Labute approximate surface area is 84.0 Å². The molecule has 2 rings (SSSR count). The first-order valence-electron chi connectivity index (χ1n) is 3.74. The monoisotopic (exact) mass is 235 g/mol. The molecule has 4 heteroatoms. The minimum atomic E-state index is 0.886. The van der Waals surface area contributed by atoms with E-state index < -0.39 is 0 Å². The van der Waals surface area contributed by atoms with Crippen molar-refractivity contribution >= 4 is 15.9 Å². The third kappa shape index (κ3) is 1.72. The van der Waals surface area contributed by atoms with Gasteiger partial charge in [-0.1, -0.05) is 0 Å². The third-order valence-electron chi connectivity index (χ3n) is 1.62. The van der Waals surface area contributed by atoms with Crippen molar-refractivity contribution in [3.05, 3.63) is 41.5 Å². The molecule has 64 valence electrons. The van der Waals surface area contributed by atoms with Crippen LogP contribution >= 0.6 is 15.9 Å². The van der Waals surface area contributed by atoms with Gasteiger partial charge in [-0.15, -0.1) is 0 Å². The predicted octanol–water partition coefficient (Wildman–Crippen LogP) is 2.30. The number of rotatable bonds is 1. The van der Waals surface area contributed by atoms with Gasteiger partial charge in [0.05, 0.1) is 10.2 Å². The fraction of sp³-hybridized carbons (Fsp3) is 0. The zero-order valence-electron chi connectivity index (χ0n) is 6.68. The third-order valence-corrected chi connectivity index (χ3v) is 2.20. The molecule has 2 aromatic heterocycles. The minimum Gasteiger partial charge on any atom is -0.265 e. The largest absolute Gasteiger partial charge is 0.265 e. The van der Waals surface area contributed by atoms with Crippen LogP contribution in [0.5, 0.6) is 0 Å². The standard InChI is InChI=1S/C9H6BrN3/c10-8-5-12-6-13-9(8)7-1-3-11-4-2-7/h1-6H. The Bertz CT molecular complexity index is 403. The summed E-state index contributed by atoms with van der Waals surface area (Å²) in [6, 6.07) is 3.82. The van der Waals surface area contributed by atoms with E-state index in [4.69, 9.17) is 0 Å². The molecular formula is C9H6BrN3. The van der Waals surface area contributed by atoms with Crippen molar-refractivity contribution in [2.24, 2.45) is 0 Å². The van der Waals surface area contributed by atoms with E-state index >= 15 is 0 Å². The van der Waals surface area contributed by atoms with Crippen molar-refractivity contribution in [3.8, 4) is 11.3 Å². The average Bonchev–Trinajstić information content (AvgIpc) is 2.20. The summed E-state index contributed by atoms with van der Waals surface area (Å²) in [5.74, 6) is 0. The normalized spacial score (nSPS) is 9.92. The Morgan fingerprint density at radius 1 is 1.08 bits per heavy atom. The van der Waals surface area contributed by atoms with E-state index in [9.17, 15) is 0 Å². The molecule has 2 heterocycles. The zero-order valence-corrected chi connectivity index (χ0v) is 8.27. The molecule has 2 aromatic rings. The molecular weight excluding hydrogens is 230 g/mol. The van der Waals surface area contributed by atoms with E-state index in [1.54, 1.807) is 18.6 Å². The second-order valence-electron chi connectivity index (χ2n) is 2.46. The molecule has 13 heavy (non-hydrogen) atoms. The van der Waals surface area contributed by atoms with Gasteiger partial charge < -0.3 is 0 Å². The molecule has 0 radical (unpaired) electrons. The lowest BCUT2D eigenvalue weighted by molar-refractivity contribution is 1.15. The van der Waals surface area contributed by atoms with E-state index in [-0.39, 0.29) is 0 Å². The van der Waals surface area contributed by atoms with E-state index in [0.29, 0.717) is 0 Å². The van der Waals surface area contributed by atoms with Crippen molar-refractivity contribution < 1.29 is 0 Å². The number of hydrogen-bond acceptors (Lipinski definition) is 3. The van der Waals surface area contributed by atoms with Crippen LogP contribution in [0.4, 0.5) is 0 Å². The first-order chi connectivity index (χ1) is 6.38. The molecule has 0 fully saturated rings. The maximum atomic E-state index is 4.16. The number of halogens is 1. The van der Waals surface area contributed by atoms with Gasteiger partial charge in [-0.3, -0.25) is 4.98 Å². The lowest BCUT2D eigenvalue weighted by Gasteiger charge is -2.00. The number of pyridine rings is 1. The van der Waals surface area contributed by atoms with Gasteiger partial charge in [0.1, 0.15) is 6.33 Å². The van der Waals surface area contributed by atoms with Crippen LogP contribution in [0.3, 0.4) is 0 Å². The molecule has 0 unspecified atom stereocenters. The summed E-state index contributed by atoms with van der Waals surface area (Å²) < 4.78 is 0.890. The molecule has 0 aromatic carbocycles. The summed E-state index contributed by atoms with van der Waals surface area (Å²) in [6.07, 6.45) is 6.73. The second kappa shape index (κ2) is 3.62. The molecule has 0 atom stereocenters. The number of aromatic nitrogens is 3. The zero-order chi connectivity index (χ0) is 9.10. The second-order valence-corrected chi connectivity index (χ2v) is 3.31. The Balaban J connectivity index is 2.54. The van der Waals surface area contributed by atoms with Crippen molar-refractivity contribution in [2.45, 2.75) is 0 Å². The Kier molecular flexibility index (Phi) is 2.31. The van der Waals surface area contributed by atoms with E-state index in [1.165, 1.54) is 6.33 Å². The highest BCUT2D eigenvalue weighted by Gasteiger charge is 2.02. The fourth-order valence-corrected chi connectivity index (χ4v) is 1.48. The molecule has 0 saturated heterocycles. The smallest absolute Gasteiger partial charge is 0.116 e. The van der Waals surface area contributed by atoms with Crippen molar-refractivity contribution in [1.82, 2.24) is 15.0 Å². The van der Waals surface area contributed by atoms with Gasteiger partial charge in [0.2, 0.25) is 0 Å². The van der Waals surface area contributed by atoms with Crippen LogP contribution in [0.2, 0.25) is 0 Å². The molecule has 0 aliphatic rings. The summed E-state index contributed by atoms with van der Waals surface area (Å²) in [7, 11) is 0. The average molecular weight is 236 g/mol. The molecule has 0 spiro atoms. The van der Waals surface area contributed by atoms with Gasteiger partial charge in [0, 0.05) is 24.2 Å².